The fourth-order valence-electron chi connectivity index (χ4n) is 1.67. The average molecular weight is 323 g/mol. The van der Waals surface area contributed by atoms with Crippen LogP contribution in [0.3, 0.4) is 0 Å². The zero-order valence-corrected chi connectivity index (χ0v) is 12.0. The number of rotatable bonds is 4. The van der Waals surface area contributed by atoms with Crippen LogP contribution in [-0.2, 0) is 0 Å². The maximum absolute atomic E-state index is 11.8. The fraction of sp³-hybridized carbons (Fsp3) is 0.0769. The van der Waals surface area contributed by atoms with E-state index in [1.165, 1.54) is 18.4 Å². The largest absolute Gasteiger partial charge is 0.867 e. The van der Waals surface area contributed by atoms with Gasteiger partial charge in [-0.15, -0.1) is 0 Å². The maximum Gasteiger partial charge on any atom is 0.274 e. The minimum absolute atomic E-state index is 0.0183. The van der Waals surface area contributed by atoms with E-state index in [-0.39, 0.29) is 16.1 Å². The molecule has 0 unspecified atom stereocenters. The summed E-state index contributed by atoms with van der Waals surface area (Å²) in [6.45, 7) is 1.61. The van der Waals surface area contributed by atoms with Crippen LogP contribution in [0.4, 0.5) is 5.69 Å². The van der Waals surface area contributed by atoms with Crippen molar-refractivity contribution >= 4 is 29.4 Å². The molecule has 114 valence electrons. The van der Waals surface area contributed by atoms with Gasteiger partial charge in [-0.3, -0.25) is 14.9 Å². The van der Waals surface area contributed by atoms with Crippen molar-refractivity contribution in [2.45, 2.75) is 6.92 Å². The van der Waals surface area contributed by atoms with Crippen molar-refractivity contribution in [3.05, 3.63) is 56.5 Å². The maximum atomic E-state index is 11.8. The Balaban J connectivity index is 2.19. The highest BCUT2D eigenvalue weighted by molar-refractivity contribution is 6.31. The summed E-state index contributed by atoms with van der Waals surface area (Å²) in [5, 5.41) is 26.1. The number of nitro benzene ring substituents is 1. The van der Waals surface area contributed by atoms with Gasteiger partial charge in [-0.25, -0.2) is 5.43 Å². The molecule has 0 aliphatic carbocycles. The van der Waals surface area contributed by atoms with Crippen molar-refractivity contribution in [2.75, 3.05) is 0 Å². The summed E-state index contributed by atoms with van der Waals surface area (Å²) in [5.41, 5.74) is 1.71. The molecular formula is C13H9ClN3O5-. The number of hydrogen-bond acceptors (Lipinski definition) is 6. The van der Waals surface area contributed by atoms with Crippen molar-refractivity contribution in [1.29, 1.82) is 0 Å². The van der Waals surface area contributed by atoms with Crippen LogP contribution in [0.2, 0.25) is 5.02 Å². The van der Waals surface area contributed by atoms with Crippen molar-refractivity contribution < 1.29 is 19.2 Å². The summed E-state index contributed by atoms with van der Waals surface area (Å²) in [5.74, 6) is -0.964. The Kier molecular flexibility index (Phi) is 4.42. The highest BCUT2D eigenvalue weighted by Crippen LogP contribution is 2.29. The molecule has 2 rings (SSSR count). The first kappa shape index (κ1) is 15.5. The summed E-state index contributed by atoms with van der Waals surface area (Å²) >= 11 is 5.70. The summed E-state index contributed by atoms with van der Waals surface area (Å²) in [4.78, 5) is 21.6. The first-order valence-corrected chi connectivity index (χ1v) is 6.30. The van der Waals surface area contributed by atoms with E-state index in [4.69, 9.17) is 16.0 Å². The molecule has 1 aromatic heterocycles. The van der Waals surface area contributed by atoms with Crippen LogP contribution in [0, 0.1) is 17.0 Å². The van der Waals surface area contributed by atoms with E-state index in [0.717, 1.165) is 12.3 Å². The normalized spacial score (nSPS) is 10.8. The number of carbonyl (C=O) groups is 1. The quantitative estimate of drug-likeness (QED) is 0.524. The fourth-order valence-corrected chi connectivity index (χ4v) is 1.89. The molecule has 0 saturated heterocycles. The van der Waals surface area contributed by atoms with Crippen LogP contribution in [0.15, 0.2) is 34.0 Å². The minimum atomic E-state index is -0.841. The SMILES string of the molecule is Cc1occc1C(=O)N/N=C\c1cc(Cl)cc([N+](=O)[O-])c1[O-]. The third kappa shape index (κ3) is 3.23. The highest BCUT2D eigenvalue weighted by Gasteiger charge is 2.12. The lowest BCUT2D eigenvalue weighted by atomic mass is 10.2. The van der Waals surface area contributed by atoms with Crippen molar-refractivity contribution in [3.63, 3.8) is 0 Å². The lowest BCUT2D eigenvalue weighted by Gasteiger charge is -2.10. The van der Waals surface area contributed by atoms with Gasteiger partial charge in [-0.1, -0.05) is 11.6 Å². The second-order valence-corrected chi connectivity index (χ2v) is 4.63. The summed E-state index contributed by atoms with van der Waals surface area (Å²) < 4.78 is 4.97. The molecule has 0 fully saturated rings. The van der Waals surface area contributed by atoms with E-state index >= 15 is 0 Å². The van der Waals surface area contributed by atoms with Gasteiger partial charge in [0.2, 0.25) is 0 Å². The molecule has 0 aliphatic rings. The topological polar surface area (TPSA) is 121 Å². The molecule has 9 heteroatoms. The number of nitrogens with zero attached hydrogens (tertiary/aromatic N) is 2. The monoisotopic (exact) mass is 322 g/mol. The van der Waals surface area contributed by atoms with Gasteiger partial charge in [-0.2, -0.15) is 5.10 Å². The first-order valence-electron chi connectivity index (χ1n) is 5.92. The molecule has 0 aliphatic heterocycles. The predicted molar refractivity (Wildman–Crippen MR) is 76.1 cm³/mol. The molecule has 2 aromatic rings. The van der Waals surface area contributed by atoms with E-state index in [9.17, 15) is 20.0 Å². The Morgan fingerprint density at radius 1 is 1.50 bits per heavy atom. The molecule has 1 N–H and O–H groups in total. The van der Waals surface area contributed by atoms with Gasteiger partial charge in [-0.05, 0) is 30.4 Å². The van der Waals surface area contributed by atoms with Crippen molar-refractivity contribution in [3.8, 4) is 5.75 Å². The Morgan fingerprint density at radius 2 is 2.23 bits per heavy atom. The van der Waals surface area contributed by atoms with E-state index in [1.807, 2.05) is 0 Å². The number of nitro groups is 1. The predicted octanol–water partition coefficient (Wildman–Crippen LogP) is 1.99. The third-order valence-electron chi connectivity index (χ3n) is 2.73. The molecule has 8 nitrogen and oxygen atoms in total. The number of hydrazone groups is 1. The van der Waals surface area contributed by atoms with Crippen LogP contribution >= 0.6 is 11.6 Å². The summed E-state index contributed by atoms with van der Waals surface area (Å²) in [6.07, 6.45) is 2.35. The summed E-state index contributed by atoms with van der Waals surface area (Å²) in [6, 6.07) is 3.63. The number of benzene rings is 1. The summed E-state index contributed by atoms with van der Waals surface area (Å²) in [7, 11) is 0. The van der Waals surface area contributed by atoms with Gasteiger partial charge in [0.05, 0.1) is 23.0 Å². The molecule has 22 heavy (non-hydrogen) atoms. The molecule has 0 radical (unpaired) electrons. The number of nitrogens with one attached hydrogen (secondary N) is 1. The van der Waals surface area contributed by atoms with Gasteiger partial charge in [0, 0.05) is 11.1 Å². The van der Waals surface area contributed by atoms with Gasteiger partial charge in [0.15, 0.2) is 0 Å². The third-order valence-corrected chi connectivity index (χ3v) is 2.95. The molecule has 0 atom stereocenters. The van der Waals surface area contributed by atoms with E-state index in [2.05, 4.69) is 10.5 Å². The van der Waals surface area contributed by atoms with Crippen LogP contribution in [0.25, 0.3) is 0 Å². The molecule has 0 spiro atoms. The van der Waals surface area contributed by atoms with Crippen LogP contribution in [0.1, 0.15) is 21.7 Å². The lowest BCUT2D eigenvalue weighted by Crippen LogP contribution is -2.18. The van der Waals surface area contributed by atoms with Crippen LogP contribution in [-0.4, -0.2) is 17.0 Å². The smallest absolute Gasteiger partial charge is 0.274 e. The standard InChI is InChI=1S/C13H10ClN3O5/c1-7-10(2-3-22-7)13(19)16-15-6-8-4-9(14)5-11(12(8)18)17(20)21/h2-6,18H,1H3,(H,16,19)/p-1/b15-6-. The molecule has 0 bridgehead atoms. The molecular weight excluding hydrogens is 314 g/mol. The van der Waals surface area contributed by atoms with Crippen LogP contribution in [0.5, 0.6) is 5.75 Å². The Hall–Kier alpha value is -2.87. The average Bonchev–Trinajstić information content (AvgIpc) is 2.88. The van der Waals surface area contributed by atoms with E-state index < -0.39 is 22.3 Å². The number of furan rings is 1. The number of halogens is 1. The number of aryl methyl sites for hydroxylation is 1. The second-order valence-electron chi connectivity index (χ2n) is 4.19. The van der Waals surface area contributed by atoms with Crippen molar-refractivity contribution in [1.82, 2.24) is 5.43 Å². The second kappa shape index (κ2) is 6.27. The Morgan fingerprint density at radius 3 is 2.82 bits per heavy atom. The Labute approximate surface area is 129 Å². The number of hydrogen-bond donors (Lipinski definition) is 1. The number of amides is 1. The minimum Gasteiger partial charge on any atom is -0.867 e. The molecule has 0 saturated carbocycles. The van der Waals surface area contributed by atoms with E-state index in [1.54, 1.807) is 6.92 Å². The molecule has 1 heterocycles. The van der Waals surface area contributed by atoms with Gasteiger partial charge < -0.3 is 9.52 Å². The molecule has 1 aromatic carbocycles. The Bertz CT molecular complexity index is 769. The van der Waals surface area contributed by atoms with Gasteiger partial charge in [0.25, 0.3) is 11.6 Å². The zero-order valence-electron chi connectivity index (χ0n) is 11.2. The first-order chi connectivity index (χ1) is 10.4. The van der Waals surface area contributed by atoms with Crippen LogP contribution < -0.4 is 10.5 Å². The van der Waals surface area contributed by atoms with Crippen molar-refractivity contribution in [2.24, 2.45) is 5.10 Å². The van der Waals surface area contributed by atoms with E-state index in [0.29, 0.717) is 5.76 Å². The highest BCUT2D eigenvalue weighted by atomic mass is 35.5. The zero-order chi connectivity index (χ0) is 16.3. The van der Waals surface area contributed by atoms with Gasteiger partial charge >= 0.3 is 0 Å². The lowest BCUT2D eigenvalue weighted by molar-refractivity contribution is -0.398. The van der Waals surface area contributed by atoms with Gasteiger partial charge in [0.1, 0.15) is 5.76 Å². The molecule has 1 amide bonds. The number of carbonyl (C=O) groups excluding carboxylic acids is 1.